The minimum Gasteiger partial charge on any atom is -0.444 e. The second-order valence-electron chi connectivity index (χ2n) is 11.1. The van der Waals surface area contributed by atoms with Crippen molar-refractivity contribution in [3.05, 3.63) is 33.1 Å². The van der Waals surface area contributed by atoms with Gasteiger partial charge in [0.1, 0.15) is 11.4 Å². The highest BCUT2D eigenvalue weighted by Gasteiger charge is 2.40. The summed E-state index contributed by atoms with van der Waals surface area (Å²) in [4.78, 5) is 29.1. The van der Waals surface area contributed by atoms with Crippen molar-refractivity contribution in [2.45, 2.75) is 71.9 Å². The zero-order valence-electron chi connectivity index (χ0n) is 21.7. The van der Waals surface area contributed by atoms with Crippen molar-refractivity contribution in [2.75, 3.05) is 32.1 Å². The zero-order valence-corrected chi connectivity index (χ0v) is 23.3. The summed E-state index contributed by atoms with van der Waals surface area (Å²) in [6, 6.07) is 5.74. The first-order valence-corrected chi connectivity index (χ1v) is 13.0. The first-order chi connectivity index (χ1) is 16.2. The van der Waals surface area contributed by atoms with Crippen LogP contribution in [0.4, 0.5) is 10.6 Å². The number of rotatable bonds is 7. The lowest BCUT2D eigenvalue weighted by atomic mass is 9.79. The van der Waals surface area contributed by atoms with Crippen molar-refractivity contribution >= 4 is 40.8 Å². The molecular formula is C25H37ClN4O4S. The average Bonchev–Trinajstić information content (AvgIpc) is 3.37. The molecule has 0 spiro atoms. The van der Waals surface area contributed by atoms with Crippen LogP contribution in [0.3, 0.4) is 0 Å². The summed E-state index contributed by atoms with van der Waals surface area (Å²) in [6.45, 7) is 13.2. The molecular weight excluding hydrogens is 488 g/mol. The van der Waals surface area contributed by atoms with Gasteiger partial charge < -0.3 is 19.7 Å². The van der Waals surface area contributed by atoms with Gasteiger partial charge in [-0.15, -0.1) is 11.3 Å². The first kappa shape index (κ1) is 27.5. The van der Waals surface area contributed by atoms with Gasteiger partial charge in [-0.1, -0.05) is 18.5 Å². The number of halogens is 1. The van der Waals surface area contributed by atoms with E-state index in [0.29, 0.717) is 29.8 Å². The Morgan fingerprint density at radius 2 is 1.97 bits per heavy atom. The Balaban J connectivity index is 1.91. The molecule has 1 aliphatic heterocycles. The summed E-state index contributed by atoms with van der Waals surface area (Å²) in [5.74, 6) is 0.440. The molecule has 1 saturated heterocycles. The lowest BCUT2D eigenvalue weighted by molar-refractivity contribution is 0.0142. The predicted octanol–water partition coefficient (Wildman–Crippen LogP) is 5.81. The van der Waals surface area contributed by atoms with E-state index in [4.69, 9.17) is 26.2 Å². The molecule has 1 aliphatic rings. The maximum Gasteiger partial charge on any atom is 0.410 e. The number of ether oxygens (including phenoxy) is 2. The van der Waals surface area contributed by atoms with E-state index in [1.165, 1.54) is 16.0 Å². The quantitative estimate of drug-likeness (QED) is 0.491. The molecule has 0 radical (unpaired) electrons. The van der Waals surface area contributed by atoms with Crippen LogP contribution in [0.25, 0.3) is 0 Å². The molecule has 10 heteroatoms. The number of hydrogen-bond acceptors (Lipinski definition) is 7. The smallest absolute Gasteiger partial charge is 0.410 e. The molecule has 8 nitrogen and oxygen atoms in total. The van der Waals surface area contributed by atoms with E-state index in [2.05, 4.69) is 12.2 Å². The second-order valence-corrected chi connectivity index (χ2v) is 12.9. The molecule has 194 valence electrons. The Morgan fingerprint density at radius 1 is 1.26 bits per heavy atom. The lowest BCUT2D eigenvalue weighted by Gasteiger charge is -2.39. The molecule has 35 heavy (non-hydrogen) atoms. The van der Waals surface area contributed by atoms with E-state index >= 15 is 0 Å². The maximum absolute atomic E-state index is 13.5. The largest absolute Gasteiger partial charge is 0.444 e. The molecule has 3 heterocycles. The van der Waals surface area contributed by atoms with Crippen molar-refractivity contribution in [2.24, 2.45) is 5.41 Å². The molecule has 2 aromatic heterocycles. The summed E-state index contributed by atoms with van der Waals surface area (Å²) in [6.07, 6.45) is 1.34. The Hall–Kier alpha value is -2.10. The number of nitrogens with zero attached hydrogens (tertiary/aromatic N) is 3. The van der Waals surface area contributed by atoms with Gasteiger partial charge in [-0.2, -0.15) is 9.78 Å². The highest BCUT2D eigenvalue weighted by molar-refractivity contribution is 7.16. The molecule has 0 saturated carbocycles. The van der Waals surface area contributed by atoms with E-state index in [1.807, 2.05) is 52.8 Å². The second kappa shape index (κ2) is 10.5. The molecule has 3 rings (SSSR count). The fourth-order valence-corrected chi connectivity index (χ4v) is 5.25. The third-order valence-corrected chi connectivity index (χ3v) is 7.26. The van der Waals surface area contributed by atoms with E-state index in [9.17, 15) is 9.59 Å². The lowest BCUT2D eigenvalue weighted by Crippen LogP contribution is -2.48. The van der Waals surface area contributed by atoms with Crippen molar-refractivity contribution in [1.82, 2.24) is 14.7 Å². The molecule has 0 aromatic carbocycles. The first-order valence-electron chi connectivity index (χ1n) is 11.8. The van der Waals surface area contributed by atoms with Gasteiger partial charge in [0.2, 0.25) is 0 Å². The number of methoxy groups -OCH3 is 1. The highest BCUT2D eigenvalue weighted by Crippen LogP contribution is 2.36. The van der Waals surface area contributed by atoms with Gasteiger partial charge in [-0.05, 0) is 59.6 Å². The van der Waals surface area contributed by atoms with Crippen molar-refractivity contribution in [1.29, 1.82) is 0 Å². The zero-order chi connectivity index (χ0) is 26.0. The number of nitrogens with one attached hydrogen (secondary N) is 1. The van der Waals surface area contributed by atoms with Gasteiger partial charge >= 0.3 is 6.09 Å². The molecule has 1 fully saturated rings. The van der Waals surface area contributed by atoms with Crippen LogP contribution in [0.15, 0.2) is 18.2 Å². The summed E-state index contributed by atoms with van der Waals surface area (Å²) in [5.41, 5.74) is -0.988. The molecule has 1 atom stereocenters. The fraction of sp³-hybridized carbons (Fsp3) is 0.640. The highest BCUT2D eigenvalue weighted by atomic mass is 35.5. The van der Waals surface area contributed by atoms with E-state index in [0.717, 1.165) is 23.4 Å². The van der Waals surface area contributed by atoms with Crippen LogP contribution in [0, 0.1) is 5.41 Å². The molecule has 0 aliphatic carbocycles. The Morgan fingerprint density at radius 3 is 2.57 bits per heavy atom. The number of likely N-dealkylation sites (tertiary alicyclic amines) is 1. The standard InChI is InChI=1S/C25H37ClN4O4S/c1-23(2,3)34-22(32)29-12-8-11-25(6,15-29)18-13-20(27-14-17-9-10-19(26)35-17)30(28-18)21(31)24(4,5)16-33-7/h9-10,13,27H,8,11-12,14-16H2,1-7H3. The Kier molecular flexibility index (Phi) is 8.23. The summed E-state index contributed by atoms with van der Waals surface area (Å²) < 4.78 is 13.1. The van der Waals surface area contributed by atoms with Crippen LogP contribution in [0.5, 0.6) is 0 Å². The van der Waals surface area contributed by atoms with Gasteiger partial charge in [0.25, 0.3) is 5.91 Å². The molecule has 2 aromatic rings. The summed E-state index contributed by atoms with van der Waals surface area (Å²) in [5, 5.41) is 8.15. The Labute approximate surface area is 216 Å². The van der Waals surface area contributed by atoms with Gasteiger partial charge in [-0.25, -0.2) is 4.79 Å². The number of anilines is 1. The summed E-state index contributed by atoms with van der Waals surface area (Å²) in [7, 11) is 1.58. The fourth-order valence-electron chi connectivity index (χ4n) is 4.22. The number of carbonyl (C=O) groups excluding carboxylic acids is 2. The van der Waals surface area contributed by atoms with Crippen LogP contribution >= 0.6 is 22.9 Å². The van der Waals surface area contributed by atoms with Crippen molar-refractivity contribution in [3.63, 3.8) is 0 Å². The van der Waals surface area contributed by atoms with E-state index in [1.54, 1.807) is 12.0 Å². The number of hydrogen-bond donors (Lipinski definition) is 1. The maximum atomic E-state index is 13.5. The van der Waals surface area contributed by atoms with Crippen LogP contribution in [0.1, 0.15) is 69.7 Å². The monoisotopic (exact) mass is 524 g/mol. The average molecular weight is 525 g/mol. The SMILES string of the molecule is COCC(C)(C)C(=O)n1nc(C2(C)CCCN(C(=O)OC(C)(C)C)C2)cc1NCc1ccc(Cl)s1. The van der Waals surface area contributed by atoms with Crippen LogP contribution in [-0.4, -0.2) is 59.1 Å². The molecule has 0 bridgehead atoms. The van der Waals surface area contributed by atoms with Crippen molar-refractivity contribution < 1.29 is 19.1 Å². The molecule has 1 unspecified atom stereocenters. The van der Waals surface area contributed by atoms with Crippen LogP contribution in [0.2, 0.25) is 4.34 Å². The van der Waals surface area contributed by atoms with Crippen molar-refractivity contribution in [3.8, 4) is 0 Å². The minimum atomic E-state index is -0.767. The number of aromatic nitrogens is 2. The minimum absolute atomic E-state index is 0.166. The Bertz CT molecular complexity index is 1060. The van der Waals surface area contributed by atoms with E-state index in [-0.39, 0.29) is 18.6 Å². The molecule has 1 amide bonds. The summed E-state index contributed by atoms with van der Waals surface area (Å²) >= 11 is 7.57. The van der Waals surface area contributed by atoms with Gasteiger partial charge in [0, 0.05) is 36.6 Å². The third kappa shape index (κ3) is 6.77. The molecule has 1 N–H and O–H groups in total. The number of carbonyl (C=O) groups is 2. The van der Waals surface area contributed by atoms with Crippen LogP contribution < -0.4 is 5.32 Å². The van der Waals surface area contributed by atoms with Crippen LogP contribution in [-0.2, 0) is 21.4 Å². The third-order valence-electron chi connectivity index (χ3n) is 6.02. The predicted molar refractivity (Wildman–Crippen MR) is 140 cm³/mol. The van der Waals surface area contributed by atoms with Gasteiger partial charge in [0.05, 0.1) is 28.6 Å². The van der Waals surface area contributed by atoms with Gasteiger partial charge in [0.15, 0.2) is 0 Å². The normalized spacial score (nSPS) is 19.0. The number of thiophene rings is 1. The topological polar surface area (TPSA) is 85.7 Å². The number of piperidine rings is 1. The van der Waals surface area contributed by atoms with E-state index < -0.39 is 16.4 Å². The number of amides is 1. The van der Waals surface area contributed by atoms with Gasteiger partial charge in [-0.3, -0.25) is 4.79 Å².